The predicted molar refractivity (Wildman–Crippen MR) is 39.5 cm³/mol. The van der Waals surface area contributed by atoms with Crippen LogP contribution in [0.25, 0.3) is 0 Å². The molecule has 0 aromatic carbocycles. The van der Waals surface area contributed by atoms with Crippen LogP contribution in [0.4, 0.5) is 0 Å². The van der Waals surface area contributed by atoms with Crippen molar-refractivity contribution in [2.75, 3.05) is 12.3 Å². The molecule has 0 atom stereocenters. The van der Waals surface area contributed by atoms with Crippen molar-refractivity contribution >= 4 is 16.9 Å². The molecule has 1 fully saturated rings. The van der Waals surface area contributed by atoms with Crippen LogP contribution < -0.4 is 5.32 Å². The fourth-order valence-corrected chi connectivity index (χ4v) is 1.44. The zero-order valence-corrected chi connectivity index (χ0v) is 6.06. The normalized spacial score (nSPS) is 22.2. The number of thioether (sulfide) groups is 1. The zero-order chi connectivity index (χ0) is 7.40. The van der Waals surface area contributed by atoms with Crippen LogP contribution in [0.1, 0.15) is 6.42 Å². The molecule has 0 aliphatic carbocycles. The summed E-state index contributed by atoms with van der Waals surface area (Å²) in [5, 5.41) is 15.5. The summed E-state index contributed by atoms with van der Waals surface area (Å²) in [6.07, 6.45) is 1.04. The molecule has 1 aliphatic heterocycles. The smallest absolute Gasteiger partial charge is 0.235 e. The Balaban J connectivity index is 2.45. The molecule has 0 amide bonds. The number of amidine groups is 1. The summed E-state index contributed by atoms with van der Waals surface area (Å²) in [5.41, 5.74) is 0. The van der Waals surface area contributed by atoms with E-state index in [-0.39, 0.29) is 0 Å². The average Bonchev–Trinajstić information content (AvgIpc) is 1.88. The summed E-state index contributed by atoms with van der Waals surface area (Å²) in [4.78, 5) is 9.83. The molecule has 0 saturated carbocycles. The lowest BCUT2D eigenvalue weighted by Crippen LogP contribution is -2.27. The molecule has 0 radical (unpaired) electrons. The van der Waals surface area contributed by atoms with Crippen molar-refractivity contribution in [1.82, 2.24) is 5.32 Å². The molecule has 0 unspecified atom stereocenters. The van der Waals surface area contributed by atoms with E-state index in [1.54, 1.807) is 0 Å². The van der Waals surface area contributed by atoms with Gasteiger partial charge in [0.05, 0.1) is 5.10 Å². The molecule has 0 aromatic rings. The van der Waals surface area contributed by atoms with Gasteiger partial charge in [-0.15, -0.1) is 0 Å². The topological polar surface area (TPSA) is 67.5 Å². The summed E-state index contributed by atoms with van der Waals surface area (Å²) in [6.45, 7) is 0.791. The number of nitrogens with one attached hydrogen (secondary N) is 1. The van der Waals surface area contributed by atoms with E-state index in [9.17, 15) is 10.1 Å². The lowest BCUT2D eigenvalue weighted by Gasteiger charge is -2.10. The van der Waals surface area contributed by atoms with Gasteiger partial charge in [0, 0.05) is 12.3 Å². The van der Waals surface area contributed by atoms with Crippen molar-refractivity contribution in [2.24, 2.45) is 5.10 Å². The van der Waals surface area contributed by atoms with Crippen molar-refractivity contribution in [3.63, 3.8) is 0 Å². The van der Waals surface area contributed by atoms with Gasteiger partial charge in [-0.05, 0) is 6.42 Å². The number of hydrogen-bond acceptors (Lipinski definition) is 3. The van der Waals surface area contributed by atoms with Gasteiger partial charge in [-0.25, -0.2) is 10.1 Å². The monoisotopic (exact) mass is 161 g/mol. The Labute approximate surface area is 62.0 Å². The first-order valence-electron chi connectivity index (χ1n) is 2.89. The fraction of sp³-hybridized carbons (Fsp3) is 0.750. The minimum Gasteiger partial charge on any atom is -0.360 e. The Morgan fingerprint density at radius 1 is 1.80 bits per heavy atom. The van der Waals surface area contributed by atoms with Crippen molar-refractivity contribution < 1.29 is 5.03 Å². The molecular weight excluding hydrogens is 154 g/mol. The van der Waals surface area contributed by atoms with E-state index in [1.165, 1.54) is 11.8 Å². The Morgan fingerprint density at radius 3 is 3.10 bits per heavy atom. The highest BCUT2D eigenvalue weighted by Gasteiger charge is 2.09. The molecule has 1 N–H and O–H groups in total. The molecule has 0 spiro atoms. The Morgan fingerprint density at radius 2 is 2.60 bits per heavy atom. The van der Waals surface area contributed by atoms with Crippen LogP contribution in [0, 0.1) is 10.1 Å². The molecule has 10 heavy (non-hydrogen) atoms. The molecule has 1 heterocycles. The van der Waals surface area contributed by atoms with Crippen LogP contribution in [0.2, 0.25) is 0 Å². The maximum absolute atomic E-state index is 9.83. The molecule has 0 bridgehead atoms. The van der Waals surface area contributed by atoms with E-state index in [1.807, 2.05) is 0 Å². The van der Waals surface area contributed by atoms with Crippen LogP contribution in [-0.4, -0.2) is 22.5 Å². The maximum Gasteiger partial charge on any atom is 0.235 e. The average molecular weight is 161 g/mol. The second-order valence-corrected chi connectivity index (χ2v) is 2.86. The number of hydrogen-bond donors (Lipinski definition) is 1. The molecule has 6 heteroatoms. The van der Waals surface area contributed by atoms with E-state index in [2.05, 4.69) is 10.4 Å². The van der Waals surface area contributed by atoms with Crippen molar-refractivity contribution in [3.8, 4) is 0 Å². The minimum atomic E-state index is -0.680. The Bertz CT molecular complexity index is 162. The summed E-state index contributed by atoms with van der Waals surface area (Å²) >= 11 is 1.39. The van der Waals surface area contributed by atoms with Gasteiger partial charge < -0.3 is 5.32 Å². The van der Waals surface area contributed by atoms with Gasteiger partial charge in [-0.2, -0.15) is 0 Å². The third kappa shape index (κ3) is 2.22. The largest absolute Gasteiger partial charge is 0.360 e. The number of hydrazone groups is 1. The summed E-state index contributed by atoms with van der Waals surface area (Å²) < 4.78 is 0. The Hall–Kier alpha value is -0.780. The number of rotatable bonds is 1. The highest BCUT2D eigenvalue weighted by molar-refractivity contribution is 8.13. The first kappa shape index (κ1) is 7.33. The van der Waals surface area contributed by atoms with Gasteiger partial charge in [0.25, 0.3) is 0 Å². The van der Waals surface area contributed by atoms with Gasteiger partial charge >= 0.3 is 0 Å². The third-order valence-electron chi connectivity index (χ3n) is 1.01. The van der Waals surface area contributed by atoms with Gasteiger partial charge in [-0.3, -0.25) is 0 Å². The quantitative estimate of drug-likeness (QED) is 0.442. The minimum absolute atomic E-state index is 0.427. The van der Waals surface area contributed by atoms with Crippen molar-refractivity contribution in [3.05, 3.63) is 10.1 Å². The molecular formula is C4H7N3O2S. The molecule has 1 aliphatic rings. The SMILES string of the molecule is O=[N+]([O-])N=C1NCCCS1. The van der Waals surface area contributed by atoms with Gasteiger partial charge in [-0.1, -0.05) is 11.8 Å². The molecule has 1 rings (SSSR count). The van der Waals surface area contributed by atoms with Gasteiger partial charge in [0.15, 0.2) is 5.03 Å². The molecule has 1 saturated heterocycles. The predicted octanol–water partition coefficient (Wildman–Crippen LogP) is 0.261. The maximum atomic E-state index is 9.83. The standard InChI is InChI=1S/C4H7N3O2S/c8-7(9)6-4-5-2-1-3-10-4/h1-3H2,(H,5,6). The molecule has 5 nitrogen and oxygen atoms in total. The summed E-state index contributed by atoms with van der Waals surface area (Å²) in [6, 6.07) is 0. The summed E-state index contributed by atoms with van der Waals surface area (Å²) in [5.74, 6) is 0.916. The first-order chi connectivity index (χ1) is 4.79. The lowest BCUT2D eigenvalue weighted by molar-refractivity contribution is -0.484. The van der Waals surface area contributed by atoms with E-state index in [0.717, 1.165) is 18.7 Å². The van der Waals surface area contributed by atoms with Crippen molar-refractivity contribution in [2.45, 2.75) is 6.42 Å². The van der Waals surface area contributed by atoms with Crippen LogP contribution in [0.5, 0.6) is 0 Å². The number of nitrogens with zero attached hydrogens (tertiary/aromatic N) is 2. The van der Waals surface area contributed by atoms with Gasteiger partial charge in [0.1, 0.15) is 0 Å². The van der Waals surface area contributed by atoms with Crippen LogP contribution in [0.3, 0.4) is 0 Å². The Kier molecular flexibility index (Phi) is 2.49. The molecule has 56 valence electrons. The highest BCUT2D eigenvalue weighted by Crippen LogP contribution is 2.08. The van der Waals surface area contributed by atoms with E-state index in [0.29, 0.717) is 5.17 Å². The lowest BCUT2D eigenvalue weighted by atomic mass is 10.5. The summed E-state index contributed by atoms with van der Waals surface area (Å²) in [7, 11) is 0. The van der Waals surface area contributed by atoms with Crippen molar-refractivity contribution in [1.29, 1.82) is 0 Å². The van der Waals surface area contributed by atoms with E-state index in [4.69, 9.17) is 0 Å². The van der Waals surface area contributed by atoms with Gasteiger partial charge in [0.2, 0.25) is 5.17 Å². The van der Waals surface area contributed by atoms with E-state index < -0.39 is 5.03 Å². The number of nitro groups is 1. The van der Waals surface area contributed by atoms with Crippen LogP contribution in [-0.2, 0) is 0 Å². The van der Waals surface area contributed by atoms with Crippen LogP contribution in [0.15, 0.2) is 5.10 Å². The zero-order valence-electron chi connectivity index (χ0n) is 5.24. The third-order valence-corrected chi connectivity index (χ3v) is 2.00. The molecule has 0 aromatic heterocycles. The van der Waals surface area contributed by atoms with Crippen LogP contribution >= 0.6 is 11.8 Å². The highest BCUT2D eigenvalue weighted by atomic mass is 32.2. The fourth-order valence-electron chi connectivity index (χ4n) is 0.626. The van der Waals surface area contributed by atoms with E-state index >= 15 is 0 Å². The second kappa shape index (κ2) is 3.40. The second-order valence-electron chi connectivity index (χ2n) is 1.77. The first-order valence-corrected chi connectivity index (χ1v) is 3.87.